The van der Waals surface area contributed by atoms with Gasteiger partial charge in [-0.05, 0) is 30.2 Å². The molecule has 0 radical (unpaired) electrons. The van der Waals surface area contributed by atoms with E-state index in [-0.39, 0.29) is 11.8 Å². The molecule has 4 heteroatoms. The fourth-order valence-electron chi connectivity index (χ4n) is 2.78. The van der Waals surface area contributed by atoms with Crippen molar-refractivity contribution in [2.45, 2.75) is 25.8 Å². The number of hydrogen-bond acceptors (Lipinski definition) is 3. The summed E-state index contributed by atoms with van der Waals surface area (Å²) in [6, 6.07) is 17.4. The van der Waals surface area contributed by atoms with Crippen LogP contribution in [0, 0.1) is 0 Å². The van der Waals surface area contributed by atoms with Crippen molar-refractivity contribution in [2.24, 2.45) is 0 Å². The van der Waals surface area contributed by atoms with E-state index in [2.05, 4.69) is 10.3 Å². The lowest BCUT2D eigenvalue weighted by molar-refractivity contribution is -0.122. The van der Waals surface area contributed by atoms with Crippen molar-refractivity contribution in [3.8, 4) is 11.5 Å². The lowest BCUT2D eigenvalue weighted by Crippen LogP contribution is -2.29. The number of carbonyl (C=O) groups excluding carboxylic acids is 1. The third-order valence-corrected chi connectivity index (χ3v) is 4.03. The van der Waals surface area contributed by atoms with Crippen LogP contribution in [-0.2, 0) is 11.3 Å². The van der Waals surface area contributed by atoms with Gasteiger partial charge in [0.15, 0.2) is 5.76 Å². The molecule has 1 aromatic carbocycles. The minimum absolute atomic E-state index is 0.0259. The second-order valence-electron chi connectivity index (χ2n) is 5.58. The molecule has 4 nitrogen and oxygen atoms in total. The molecule has 3 aromatic rings. The first-order chi connectivity index (χ1) is 11.8. The summed E-state index contributed by atoms with van der Waals surface area (Å²) in [5, 5.41) is 3.03. The Morgan fingerprint density at radius 1 is 1.12 bits per heavy atom. The van der Waals surface area contributed by atoms with Gasteiger partial charge >= 0.3 is 0 Å². The van der Waals surface area contributed by atoms with Crippen molar-refractivity contribution in [2.75, 3.05) is 0 Å². The molecule has 3 rings (SSSR count). The molecule has 24 heavy (non-hydrogen) atoms. The number of amides is 1. The summed E-state index contributed by atoms with van der Waals surface area (Å²) in [7, 11) is 0. The number of rotatable bonds is 6. The minimum atomic E-state index is -0.144. The Labute approximate surface area is 141 Å². The van der Waals surface area contributed by atoms with E-state index in [1.165, 1.54) is 0 Å². The van der Waals surface area contributed by atoms with Crippen LogP contribution in [0.4, 0.5) is 0 Å². The zero-order valence-corrected chi connectivity index (χ0v) is 13.6. The Balaban J connectivity index is 1.73. The molecule has 1 N–H and O–H groups in total. The molecular formula is C20H20N2O2. The van der Waals surface area contributed by atoms with Crippen molar-refractivity contribution in [1.82, 2.24) is 10.3 Å². The van der Waals surface area contributed by atoms with Gasteiger partial charge in [0.1, 0.15) is 5.69 Å². The Hall–Kier alpha value is -2.88. The zero-order chi connectivity index (χ0) is 16.8. The first kappa shape index (κ1) is 16.0. The number of carbonyl (C=O) groups is 1. The topological polar surface area (TPSA) is 55.1 Å². The molecule has 0 spiro atoms. The van der Waals surface area contributed by atoms with Gasteiger partial charge in [0.05, 0.1) is 12.2 Å². The van der Waals surface area contributed by atoms with Crippen LogP contribution in [0.2, 0.25) is 0 Å². The highest BCUT2D eigenvalue weighted by molar-refractivity contribution is 5.83. The maximum absolute atomic E-state index is 12.6. The first-order valence-corrected chi connectivity index (χ1v) is 8.10. The van der Waals surface area contributed by atoms with Crippen molar-refractivity contribution >= 4 is 5.91 Å². The standard InChI is InChI=1S/C20H20N2O2/c1-2-17(15-8-4-3-5-9-15)20(23)22-14-16-10-6-12-21-19(16)18-11-7-13-24-18/h3-13,17H,2,14H2,1H3,(H,22,23)/t17-/m1/s1. The van der Waals surface area contributed by atoms with E-state index in [1.54, 1.807) is 12.5 Å². The fraction of sp³-hybridized carbons (Fsp3) is 0.200. The van der Waals surface area contributed by atoms with Gasteiger partial charge in [0.25, 0.3) is 0 Å². The number of aromatic nitrogens is 1. The zero-order valence-electron chi connectivity index (χ0n) is 13.6. The summed E-state index contributed by atoms with van der Waals surface area (Å²) >= 11 is 0. The molecule has 1 atom stereocenters. The SMILES string of the molecule is CC[C@@H](C(=O)NCc1cccnc1-c1ccco1)c1ccccc1. The summed E-state index contributed by atoms with van der Waals surface area (Å²) in [6.45, 7) is 2.45. The van der Waals surface area contributed by atoms with Gasteiger partial charge in [0.2, 0.25) is 5.91 Å². The molecule has 1 amide bonds. The maximum Gasteiger partial charge on any atom is 0.227 e. The number of benzene rings is 1. The highest BCUT2D eigenvalue weighted by atomic mass is 16.3. The lowest BCUT2D eigenvalue weighted by atomic mass is 9.95. The molecule has 0 bridgehead atoms. The third kappa shape index (κ3) is 3.54. The molecule has 0 unspecified atom stereocenters. The molecule has 0 aliphatic carbocycles. The van der Waals surface area contributed by atoms with Gasteiger partial charge in [-0.1, -0.05) is 43.3 Å². The monoisotopic (exact) mass is 320 g/mol. The second kappa shape index (κ2) is 7.59. The average Bonchev–Trinajstić information content (AvgIpc) is 3.16. The molecule has 0 saturated carbocycles. The van der Waals surface area contributed by atoms with E-state index in [4.69, 9.17) is 4.42 Å². The quantitative estimate of drug-likeness (QED) is 0.742. The number of hydrogen-bond donors (Lipinski definition) is 1. The minimum Gasteiger partial charge on any atom is -0.463 e. The summed E-state index contributed by atoms with van der Waals surface area (Å²) in [5.41, 5.74) is 2.73. The maximum atomic E-state index is 12.6. The van der Waals surface area contributed by atoms with E-state index in [0.29, 0.717) is 12.3 Å². The Bertz CT molecular complexity index is 782. The second-order valence-corrected chi connectivity index (χ2v) is 5.58. The smallest absolute Gasteiger partial charge is 0.227 e. The van der Waals surface area contributed by atoms with Crippen LogP contribution in [0.1, 0.15) is 30.4 Å². The van der Waals surface area contributed by atoms with Crippen LogP contribution in [0.25, 0.3) is 11.5 Å². The average molecular weight is 320 g/mol. The Kier molecular flexibility index (Phi) is 5.06. The van der Waals surface area contributed by atoms with Gasteiger partial charge in [-0.3, -0.25) is 9.78 Å². The third-order valence-electron chi connectivity index (χ3n) is 4.03. The molecule has 122 valence electrons. The molecule has 0 aliphatic rings. The van der Waals surface area contributed by atoms with Gasteiger partial charge < -0.3 is 9.73 Å². The highest BCUT2D eigenvalue weighted by Gasteiger charge is 2.18. The molecule has 0 fully saturated rings. The molecule has 2 aromatic heterocycles. The fourth-order valence-corrected chi connectivity index (χ4v) is 2.78. The van der Waals surface area contributed by atoms with Crippen LogP contribution in [-0.4, -0.2) is 10.9 Å². The predicted molar refractivity (Wildman–Crippen MR) is 93.3 cm³/mol. The normalized spacial score (nSPS) is 11.9. The summed E-state index contributed by atoms with van der Waals surface area (Å²) in [4.78, 5) is 17.0. The number of nitrogens with one attached hydrogen (secondary N) is 1. The molecular weight excluding hydrogens is 300 g/mol. The van der Waals surface area contributed by atoms with Crippen molar-refractivity contribution in [3.05, 3.63) is 78.2 Å². The van der Waals surface area contributed by atoms with Gasteiger partial charge in [-0.2, -0.15) is 0 Å². The van der Waals surface area contributed by atoms with E-state index < -0.39 is 0 Å². The number of pyridine rings is 1. The first-order valence-electron chi connectivity index (χ1n) is 8.10. The van der Waals surface area contributed by atoms with Crippen molar-refractivity contribution in [1.29, 1.82) is 0 Å². The molecule has 0 saturated heterocycles. The Morgan fingerprint density at radius 3 is 2.67 bits per heavy atom. The Morgan fingerprint density at radius 2 is 1.96 bits per heavy atom. The van der Waals surface area contributed by atoms with Crippen molar-refractivity contribution < 1.29 is 9.21 Å². The molecule has 2 heterocycles. The van der Waals surface area contributed by atoms with E-state index in [1.807, 2.05) is 61.5 Å². The summed E-state index contributed by atoms with van der Waals surface area (Å²) in [6.07, 6.45) is 4.10. The van der Waals surface area contributed by atoms with E-state index in [9.17, 15) is 4.79 Å². The van der Waals surface area contributed by atoms with Crippen molar-refractivity contribution in [3.63, 3.8) is 0 Å². The van der Waals surface area contributed by atoms with E-state index >= 15 is 0 Å². The van der Waals surface area contributed by atoms with Crippen LogP contribution in [0.15, 0.2) is 71.5 Å². The largest absolute Gasteiger partial charge is 0.463 e. The van der Waals surface area contributed by atoms with E-state index in [0.717, 1.165) is 23.2 Å². The summed E-state index contributed by atoms with van der Waals surface area (Å²) < 4.78 is 5.43. The highest BCUT2D eigenvalue weighted by Crippen LogP contribution is 2.23. The van der Waals surface area contributed by atoms with Gasteiger partial charge in [-0.15, -0.1) is 0 Å². The van der Waals surface area contributed by atoms with Gasteiger partial charge in [-0.25, -0.2) is 0 Å². The molecule has 0 aliphatic heterocycles. The van der Waals surface area contributed by atoms with Crippen LogP contribution < -0.4 is 5.32 Å². The van der Waals surface area contributed by atoms with Crippen LogP contribution >= 0.6 is 0 Å². The number of furan rings is 1. The summed E-state index contributed by atoms with van der Waals surface area (Å²) in [5.74, 6) is 0.586. The predicted octanol–water partition coefficient (Wildman–Crippen LogP) is 4.15. The van der Waals surface area contributed by atoms with Crippen LogP contribution in [0.3, 0.4) is 0 Å². The number of nitrogens with zero attached hydrogens (tertiary/aromatic N) is 1. The lowest BCUT2D eigenvalue weighted by Gasteiger charge is -2.16. The van der Waals surface area contributed by atoms with Gasteiger partial charge in [0, 0.05) is 18.3 Å². The van der Waals surface area contributed by atoms with Crippen LogP contribution in [0.5, 0.6) is 0 Å².